The minimum atomic E-state index is -0.274. The zero-order valence-corrected chi connectivity index (χ0v) is 12.2. The summed E-state index contributed by atoms with van der Waals surface area (Å²) in [5, 5.41) is 10.3. The summed E-state index contributed by atoms with van der Waals surface area (Å²) in [4.78, 5) is 0. The third kappa shape index (κ3) is 2.49. The minimum Gasteiger partial charge on any atom is -0.388 e. The van der Waals surface area contributed by atoms with Gasteiger partial charge < -0.3 is 9.67 Å². The van der Waals surface area contributed by atoms with Crippen LogP contribution in [0.5, 0.6) is 0 Å². The summed E-state index contributed by atoms with van der Waals surface area (Å²) in [7, 11) is 0. The number of nitrogens with zero attached hydrogens (tertiary/aromatic N) is 1. The molecule has 1 N–H and O–H groups in total. The Morgan fingerprint density at radius 2 is 2.17 bits per heavy atom. The van der Waals surface area contributed by atoms with Crippen LogP contribution in [-0.2, 0) is 6.42 Å². The van der Waals surface area contributed by atoms with Gasteiger partial charge in [-0.2, -0.15) is 0 Å². The van der Waals surface area contributed by atoms with Crippen molar-refractivity contribution < 1.29 is 5.11 Å². The Bertz CT molecular complexity index is 405. The number of aliphatic hydroxyl groups excluding tert-OH is 1. The maximum absolute atomic E-state index is 10.3. The smallest absolute Gasteiger partial charge is 0.0812 e. The van der Waals surface area contributed by atoms with E-state index in [2.05, 4.69) is 44.5 Å². The molecule has 1 aliphatic rings. The molecule has 2 heteroatoms. The first-order valence-corrected chi connectivity index (χ1v) is 7.36. The van der Waals surface area contributed by atoms with Crippen molar-refractivity contribution in [1.82, 2.24) is 4.57 Å². The van der Waals surface area contributed by atoms with Gasteiger partial charge in [-0.25, -0.2) is 0 Å². The SMILES string of the molecule is CCCC(CC)n1ccc2c1CC(C)(C)CC2O. The molecular formula is C16H27NO. The maximum Gasteiger partial charge on any atom is 0.0812 e. The molecule has 0 fully saturated rings. The topological polar surface area (TPSA) is 25.2 Å². The molecule has 0 amide bonds. The van der Waals surface area contributed by atoms with E-state index in [1.807, 2.05) is 0 Å². The zero-order chi connectivity index (χ0) is 13.3. The van der Waals surface area contributed by atoms with Crippen molar-refractivity contribution in [3.8, 4) is 0 Å². The Labute approximate surface area is 111 Å². The molecule has 0 saturated carbocycles. The van der Waals surface area contributed by atoms with Crippen LogP contribution in [0.25, 0.3) is 0 Å². The van der Waals surface area contributed by atoms with Gasteiger partial charge in [0.1, 0.15) is 0 Å². The van der Waals surface area contributed by atoms with Crippen molar-refractivity contribution >= 4 is 0 Å². The van der Waals surface area contributed by atoms with Crippen LogP contribution >= 0.6 is 0 Å². The molecule has 1 aromatic rings. The minimum absolute atomic E-state index is 0.215. The molecule has 0 saturated heterocycles. The number of aromatic nitrogens is 1. The Hall–Kier alpha value is -0.760. The Kier molecular flexibility index (Phi) is 3.86. The van der Waals surface area contributed by atoms with Crippen molar-refractivity contribution in [3.05, 3.63) is 23.5 Å². The van der Waals surface area contributed by atoms with Crippen LogP contribution in [-0.4, -0.2) is 9.67 Å². The second kappa shape index (κ2) is 5.08. The van der Waals surface area contributed by atoms with Crippen LogP contribution in [0.3, 0.4) is 0 Å². The molecule has 2 rings (SSSR count). The van der Waals surface area contributed by atoms with E-state index in [1.165, 1.54) is 30.5 Å². The monoisotopic (exact) mass is 249 g/mol. The molecule has 1 heterocycles. The van der Waals surface area contributed by atoms with E-state index < -0.39 is 0 Å². The average molecular weight is 249 g/mol. The molecule has 18 heavy (non-hydrogen) atoms. The van der Waals surface area contributed by atoms with E-state index in [0.29, 0.717) is 6.04 Å². The van der Waals surface area contributed by atoms with Crippen LogP contribution in [0.4, 0.5) is 0 Å². The lowest BCUT2D eigenvalue weighted by Crippen LogP contribution is -2.27. The molecule has 1 aromatic heterocycles. The number of rotatable bonds is 4. The lowest BCUT2D eigenvalue weighted by atomic mass is 9.75. The summed E-state index contributed by atoms with van der Waals surface area (Å²) in [6, 6.07) is 2.73. The highest BCUT2D eigenvalue weighted by atomic mass is 16.3. The van der Waals surface area contributed by atoms with Gasteiger partial charge in [-0.15, -0.1) is 0 Å². The average Bonchev–Trinajstić information content (AvgIpc) is 2.68. The van der Waals surface area contributed by atoms with E-state index in [0.717, 1.165) is 12.8 Å². The number of aliphatic hydroxyl groups is 1. The lowest BCUT2D eigenvalue weighted by Gasteiger charge is -2.35. The molecule has 2 unspecified atom stereocenters. The third-order valence-corrected chi connectivity index (χ3v) is 4.30. The molecule has 0 aliphatic heterocycles. The molecule has 0 spiro atoms. The molecule has 1 aliphatic carbocycles. The first-order valence-electron chi connectivity index (χ1n) is 7.36. The maximum atomic E-state index is 10.3. The quantitative estimate of drug-likeness (QED) is 0.848. The second-order valence-corrected chi connectivity index (χ2v) is 6.54. The van der Waals surface area contributed by atoms with Gasteiger partial charge in [-0.1, -0.05) is 34.1 Å². The predicted molar refractivity (Wildman–Crippen MR) is 75.7 cm³/mol. The summed E-state index contributed by atoms with van der Waals surface area (Å²) in [5.41, 5.74) is 2.76. The highest BCUT2D eigenvalue weighted by Gasteiger charge is 2.33. The molecule has 102 valence electrons. The Morgan fingerprint density at radius 3 is 2.78 bits per heavy atom. The van der Waals surface area contributed by atoms with Crippen LogP contribution in [0, 0.1) is 5.41 Å². The third-order valence-electron chi connectivity index (χ3n) is 4.30. The number of fused-ring (bicyclic) bond motifs is 1. The van der Waals surface area contributed by atoms with Gasteiger partial charge in [0, 0.05) is 23.5 Å². The van der Waals surface area contributed by atoms with Crippen molar-refractivity contribution in [2.45, 2.75) is 71.9 Å². The van der Waals surface area contributed by atoms with E-state index in [1.54, 1.807) is 0 Å². The fourth-order valence-electron chi connectivity index (χ4n) is 3.37. The fourth-order valence-corrected chi connectivity index (χ4v) is 3.37. The van der Waals surface area contributed by atoms with Crippen LogP contribution in [0.15, 0.2) is 12.3 Å². The zero-order valence-electron chi connectivity index (χ0n) is 12.2. The Balaban J connectivity index is 2.35. The molecule has 0 radical (unpaired) electrons. The molecule has 2 atom stereocenters. The predicted octanol–water partition coefficient (Wildman–Crippen LogP) is 4.25. The van der Waals surface area contributed by atoms with E-state index in [4.69, 9.17) is 0 Å². The molecule has 0 bridgehead atoms. The number of hydrogen-bond donors (Lipinski definition) is 1. The first kappa shape index (κ1) is 13.7. The summed E-state index contributed by atoms with van der Waals surface area (Å²) in [6.07, 6.45) is 7.52. The van der Waals surface area contributed by atoms with E-state index in [9.17, 15) is 5.11 Å². The van der Waals surface area contributed by atoms with Crippen LogP contribution < -0.4 is 0 Å². The molecular weight excluding hydrogens is 222 g/mol. The fraction of sp³-hybridized carbons (Fsp3) is 0.750. The van der Waals surface area contributed by atoms with Crippen molar-refractivity contribution in [3.63, 3.8) is 0 Å². The second-order valence-electron chi connectivity index (χ2n) is 6.54. The van der Waals surface area contributed by atoms with Crippen molar-refractivity contribution in [2.24, 2.45) is 5.41 Å². The molecule has 2 nitrogen and oxygen atoms in total. The summed E-state index contributed by atoms with van der Waals surface area (Å²) in [6.45, 7) is 9.03. The van der Waals surface area contributed by atoms with E-state index >= 15 is 0 Å². The van der Waals surface area contributed by atoms with Crippen molar-refractivity contribution in [1.29, 1.82) is 0 Å². The van der Waals surface area contributed by atoms with Crippen LogP contribution in [0.2, 0.25) is 0 Å². The van der Waals surface area contributed by atoms with E-state index in [-0.39, 0.29) is 11.5 Å². The number of hydrogen-bond acceptors (Lipinski definition) is 1. The highest BCUT2D eigenvalue weighted by Crippen LogP contribution is 2.42. The largest absolute Gasteiger partial charge is 0.388 e. The van der Waals surface area contributed by atoms with Crippen molar-refractivity contribution in [2.75, 3.05) is 0 Å². The lowest BCUT2D eigenvalue weighted by molar-refractivity contribution is 0.0973. The van der Waals surface area contributed by atoms with Gasteiger partial charge in [-0.3, -0.25) is 0 Å². The van der Waals surface area contributed by atoms with Gasteiger partial charge in [-0.05, 0) is 37.2 Å². The van der Waals surface area contributed by atoms with Gasteiger partial charge in [0.05, 0.1) is 6.10 Å². The summed E-state index contributed by atoms with van der Waals surface area (Å²) in [5.74, 6) is 0. The first-order chi connectivity index (χ1) is 8.48. The summed E-state index contributed by atoms with van der Waals surface area (Å²) < 4.78 is 2.43. The molecule has 0 aromatic carbocycles. The van der Waals surface area contributed by atoms with Gasteiger partial charge in [0.25, 0.3) is 0 Å². The van der Waals surface area contributed by atoms with Gasteiger partial charge >= 0.3 is 0 Å². The van der Waals surface area contributed by atoms with Gasteiger partial charge in [0.2, 0.25) is 0 Å². The standard InChI is InChI=1S/C16H27NO/c1-5-7-12(6-2)17-9-8-13-14(17)10-16(3,4)11-15(13)18/h8-9,12,15,18H,5-7,10-11H2,1-4H3. The van der Waals surface area contributed by atoms with Crippen LogP contribution in [0.1, 0.15) is 76.8 Å². The van der Waals surface area contributed by atoms with Gasteiger partial charge in [0.15, 0.2) is 0 Å². The Morgan fingerprint density at radius 1 is 1.44 bits per heavy atom. The summed E-state index contributed by atoms with van der Waals surface area (Å²) >= 11 is 0. The highest BCUT2D eigenvalue weighted by molar-refractivity contribution is 5.29. The normalized spacial score (nSPS) is 23.7.